The summed E-state index contributed by atoms with van der Waals surface area (Å²) in [7, 11) is 0. The van der Waals surface area contributed by atoms with Crippen LogP contribution < -0.4 is 20.2 Å². The fourth-order valence-corrected chi connectivity index (χ4v) is 8.34. The first-order valence-corrected chi connectivity index (χ1v) is 20.3. The van der Waals surface area contributed by atoms with E-state index in [2.05, 4.69) is 252 Å². The third kappa shape index (κ3) is 7.25. The summed E-state index contributed by atoms with van der Waals surface area (Å²) < 4.78 is 0. The predicted molar refractivity (Wildman–Crippen MR) is 251 cm³/mol. The number of rotatable bonds is 9. The Hall–Kier alpha value is -7.68. The molecule has 0 saturated heterocycles. The SMILES string of the molecule is C1=CC(N(c2ccccc2)c2ccc(-c3cccc(-c4cccc(-c5ccc(N(c6ccccc6)c6cccc7ccccc67)cc5)c4)c3)cc2)=c2ccccc2=CC1. The molecule has 2 nitrogen and oxygen atoms in total. The van der Waals surface area contributed by atoms with Gasteiger partial charge in [-0.2, -0.15) is 0 Å². The van der Waals surface area contributed by atoms with E-state index in [0.717, 1.165) is 34.9 Å². The maximum absolute atomic E-state index is 2.37. The lowest BCUT2D eigenvalue weighted by molar-refractivity contribution is 1.28. The van der Waals surface area contributed by atoms with E-state index >= 15 is 0 Å². The Morgan fingerprint density at radius 2 is 0.814 bits per heavy atom. The average molecular weight is 755 g/mol. The second-order valence-electron chi connectivity index (χ2n) is 14.9. The van der Waals surface area contributed by atoms with Gasteiger partial charge < -0.3 is 9.80 Å². The van der Waals surface area contributed by atoms with Crippen molar-refractivity contribution < 1.29 is 0 Å². The molecule has 9 aromatic rings. The Kier molecular flexibility index (Phi) is 9.72. The van der Waals surface area contributed by atoms with Crippen LogP contribution in [0.5, 0.6) is 0 Å². The lowest BCUT2D eigenvalue weighted by Crippen LogP contribution is -2.31. The third-order valence-electron chi connectivity index (χ3n) is 11.2. The molecule has 0 heterocycles. The van der Waals surface area contributed by atoms with E-state index in [4.69, 9.17) is 0 Å². The monoisotopic (exact) mass is 754 g/mol. The van der Waals surface area contributed by atoms with Gasteiger partial charge in [0, 0.05) is 33.4 Å². The van der Waals surface area contributed by atoms with Crippen LogP contribution in [0.15, 0.2) is 237 Å². The number of para-hydroxylation sites is 2. The van der Waals surface area contributed by atoms with Gasteiger partial charge in [-0.25, -0.2) is 0 Å². The minimum Gasteiger partial charge on any atom is -0.310 e. The highest BCUT2D eigenvalue weighted by Crippen LogP contribution is 2.40. The van der Waals surface area contributed by atoms with Crippen molar-refractivity contribution in [3.05, 3.63) is 247 Å². The van der Waals surface area contributed by atoms with Crippen molar-refractivity contribution >= 4 is 51.0 Å². The molecular formula is C57H42N2. The van der Waals surface area contributed by atoms with E-state index in [0.29, 0.717) is 0 Å². The lowest BCUT2D eigenvalue weighted by atomic mass is 9.96. The maximum atomic E-state index is 2.37. The molecule has 0 bridgehead atoms. The summed E-state index contributed by atoms with van der Waals surface area (Å²) in [5, 5.41) is 4.94. The summed E-state index contributed by atoms with van der Waals surface area (Å²) in [5.41, 5.74) is 13.9. The van der Waals surface area contributed by atoms with E-state index in [-0.39, 0.29) is 0 Å². The first-order chi connectivity index (χ1) is 29.3. The molecule has 10 rings (SSSR count). The summed E-state index contributed by atoms with van der Waals surface area (Å²) in [6.45, 7) is 0. The molecule has 0 fully saturated rings. The summed E-state index contributed by atoms with van der Waals surface area (Å²) in [6.07, 6.45) is 7.73. The van der Waals surface area contributed by atoms with E-state index in [1.54, 1.807) is 0 Å². The molecular weight excluding hydrogens is 713 g/mol. The Morgan fingerprint density at radius 1 is 0.339 bits per heavy atom. The molecule has 0 unspecified atom stereocenters. The van der Waals surface area contributed by atoms with Crippen LogP contribution in [0.3, 0.4) is 0 Å². The number of benzene rings is 9. The van der Waals surface area contributed by atoms with Crippen molar-refractivity contribution in [2.24, 2.45) is 0 Å². The van der Waals surface area contributed by atoms with Gasteiger partial charge in [-0.1, -0.05) is 170 Å². The van der Waals surface area contributed by atoms with Crippen molar-refractivity contribution in [3.8, 4) is 33.4 Å². The van der Waals surface area contributed by atoms with Crippen LogP contribution in [0.4, 0.5) is 28.4 Å². The smallest absolute Gasteiger partial charge is 0.0540 e. The molecule has 0 saturated carbocycles. The average Bonchev–Trinajstić information content (AvgIpc) is 3.53. The summed E-state index contributed by atoms with van der Waals surface area (Å²) in [6, 6.07) is 80.8. The summed E-state index contributed by atoms with van der Waals surface area (Å²) in [4.78, 5) is 4.72. The zero-order valence-electron chi connectivity index (χ0n) is 32.7. The van der Waals surface area contributed by atoms with Crippen LogP contribution in [0, 0.1) is 0 Å². The molecule has 1 aliphatic rings. The van der Waals surface area contributed by atoms with E-state index in [1.807, 2.05) is 0 Å². The molecule has 0 amide bonds. The quantitative estimate of drug-likeness (QED) is 0.145. The number of hydrogen-bond donors (Lipinski definition) is 0. The fourth-order valence-electron chi connectivity index (χ4n) is 8.34. The Labute approximate surface area is 346 Å². The van der Waals surface area contributed by atoms with Crippen LogP contribution in [0.2, 0.25) is 0 Å². The van der Waals surface area contributed by atoms with E-state index in [9.17, 15) is 0 Å². The zero-order valence-corrected chi connectivity index (χ0v) is 32.7. The molecule has 0 aliphatic heterocycles. The highest BCUT2D eigenvalue weighted by atomic mass is 15.1. The van der Waals surface area contributed by atoms with Crippen LogP contribution >= 0.6 is 0 Å². The van der Waals surface area contributed by atoms with E-state index < -0.39 is 0 Å². The largest absolute Gasteiger partial charge is 0.310 e. The predicted octanol–water partition coefficient (Wildman–Crippen LogP) is 14.0. The highest BCUT2D eigenvalue weighted by Gasteiger charge is 2.17. The van der Waals surface area contributed by atoms with Gasteiger partial charge >= 0.3 is 0 Å². The standard InChI is InChI=1S/C57H42N2/c1-3-24-50(25-4-1)58(56-30-12-9-18-44-16-7-10-28-54(44)56)52-36-32-42(33-37-52)46-20-13-22-48(40-46)49-23-14-21-47(41-49)43-34-38-53(39-35-43)59(51-26-5-2-6-27-51)57-31-15-19-45-17-8-11-29-55(45)57/h1-8,10-41H,9H2. The Morgan fingerprint density at radius 3 is 1.46 bits per heavy atom. The molecule has 1 aliphatic carbocycles. The van der Waals surface area contributed by atoms with Gasteiger partial charge in [0.1, 0.15) is 0 Å². The number of nitrogens with zero attached hydrogens (tertiary/aromatic N) is 2. The van der Waals surface area contributed by atoms with Crippen molar-refractivity contribution in [2.75, 3.05) is 9.80 Å². The second-order valence-corrected chi connectivity index (χ2v) is 14.9. The van der Waals surface area contributed by atoms with Gasteiger partial charge in [0.05, 0.1) is 11.4 Å². The van der Waals surface area contributed by atoms with Gasteiger partial charge in [0.2, 0.25) is 0 Å². The first kappa shape index (κ1) is 35.7. The molecule has 0 N–H and O–H groups in total. The van der Waals surface area contributed by atoms with Gasteiger partial charge in [-0.15, -0.1) is 0 Å². The van der Waals surface area contributed by atoms with Gasteiger partial charge in [0.25, 0.3) is 0 Å². The zero-order chi connectivity index (χ0) is 39.4. The third-order valence-corrected chi connectivity index (χ3v) is 11.2. The lowest BCUT2D eigenvalue weighted by Gasteiger charge is -2.27. The van der Waals surface area contributed by atoms with Gasteiger partial charge in [0.15, 0.2) is 0 Å². The van der Waals surface area contributed by atoms with Crippen LogP contribution in [0.25, 0.3) is 55.9 Å². The first-order valence-electron chi connectivity index (χ1n) is 20.3. The Balaban J connectivity index is 0.950. The molecule has 280 valence electrons. The van der Waals surface area contributed by atoms with Crippen molar-refractivity contribution in [1.82, 2.24) is 0 Å². The van der Waals surface area contributed by atoms with Crippen molar-refractivity contribution in [2.45, 2.75) is 6.42 Å². The van der Waals surface area contributed by atoms with E-state index in [1.165, 1.54) is 60.3 Å². The maximum Gasteiger partial charge on any atom is 0.0540 e. The Bertz CT molecular complexity index is 3050. The molecule has 2 heteroatoms. The van der Waals surface area contributed by atoms with Crippen molar-refractivity contribution in [1.29, 1.82) is 0 Å². The van der Waals surface area contributed by atoms with Gasteiger partial charge in [-0.3, -0.25) is 0 Å². The second kappa shape index (κ2) is 16.1. The van der Waals surface area contributed by atoms with Crippen LogP contribution in [0.1, 0.15) is 6.42 Å². The number of anilines is 5. The highest BCUT2D eigenvalue weighted by molar-refractivity contribution is 5.99. The molecule has 0 atom stereocenters. The molecule has 0 radical (unpaired) electrons. The minimum atomic E-state index is 0.910. The minimum absolute atomic E-state index is 0.910. The fraction of sp³-hybridized carbons (Fsp3) is 0.0175. The number of hydrogen-bond acceptors (Lipinski definition) is 2. The number of allylic oxidation sites excluding steroid dienone is 1. The normalized spacial score (nSPS) is 12.0. The molecule has 59 heavy (non-hydrogen) atoms. The molecule has 0 spiro atoms. The summed E-state index contributed by atoms with van der Waals surface area (Å²) in [5.74, 6) is 0. The number of fused-ring (bicyclic) bond motifs is 2. The molecule has 0 aromatic heterocycles. The van der Waals surface area contributed by atoms with Gasteiger partial charge in [-0.05, 0) is 123 Å². The molecule has 9 aromatic carbocycles. The summed E-state index contributed by atoms with van der Waals surface area (Å²) >= 11 is 0. The van der Waals surface area contributed by atoms with Crippen LogP contribution in [-0.2, 0) is 0 Å². The topological polar surface area (TPSA) is 6.48 Å². The van der Waals surface area contributed by atoms with Crippen LogP contribution in [-0.4, -0.2) is 0 Å². The van der Waals surface area contributed by atoms with Crippen molar-refractivity contribution in [3.63, 3.8) is 0 Å².